The van der Waals surface area contributed by atoms with Gasteiger partial charge in [-0.05, 0) is 24.3 Å². The molecule has 0 unspecified atom stereocenters. The molecule has 0 aromatic heterocycles. The molecule has 27 heavy (non-hydrogen) atoms. The van der Waals surface area contributed by atoms with E-state index >= 15 is 0 Å². The minimum absolute atomic E-state index is 0.135. The van der Waals surface area contributed by atoms with Crippen LogP contribution in [0.3, 0.4) is 0 Å². The van der Waals surface area contributed by atoms with Gasteiger partial charge >= 0.3 is 12.2 Å². The molecule has 0 aliphatic carbocycles. The van der Waals surface area contributed by atoms with Crippen LogP contribution in [0.1, 0.15) is 11.1 Å². The molecule has 0 spiro atoms. The van der Waals surface area contributed by atoms with Gasteiger partial charge in [0.2, 0.25) is 0 Å². The molecule has 142 valence electrons. The van der Waals surface area contributed by atoms with Crippen molar-refractivity contribution in [3.8, 4) is 11.5 Å². The highest BCUT2D eigenvalue weighted by Crippen LogP contribution is 2.26. The quantitative estimate of drug-likeness (QED) is 0.707. The predicted octanol–water partition coefficient (Wildman–Crippen LogP) is 3.19. The Balaban J connectivity index is 0.000000159. The minimum atomic E-state index is -0.479. The van der Waals surface area contributed by atoms with E-state index in [-0.39, 0.29) is 19.1 Å². The zero-order chi connectivity index (χ0) is 19.2. The van der Waals surface area contributed by atoms with Crippen molar-refractivity contribution in [1.29, 1.82) is 0 Å². The Bertz CT molecular complexity index is 854. The van der Waals surface area contributed by atoms with Gasteiger partial charge in [0.1, 0.15) is 24.7 Å². The van der Waals surface area contributed by atoms with E-state index in [4.69, 9.17) is 24.1 Å². The highest BCUT2D eigenvalue weighted by molar-refractivity contribution is 5.88. The number of hydrogen-bond acceptors (Lipinski definition) is 7. The normalized spacial score (nSPS) is 14.1. The van der Waals surface area contributed by atoms with E-state index in [1.807, 2.05) is 6.07 Å². The number of hydrogen-bond donors (Lipinski definition) is 3. The molecule has 0 bridgehead atoms. The minimum Gasteiger partial charge on any atom is -0.508 e. The van der Waals surface area contributed by atoms with Crippen molar-refractivity contribution in [3.05, 3.63) is 47.5 Å². The number of aromatic hydroxyl groups is 1. The lowest BCUT2D eigenvalue weighted by Crippen LogP contribution is -2.20. The summed E-state index contributed by atoms with van der Waals surface area (Å²) in [6.07, 6.45) is -0.917. The Morgan fingerprint density at radius 2 is 1.56 bits per heavy atom. The van der Waals surface area contributed by atoms with Crippen LogP contribution in [0.2, 0.25) is 0 Å². The Morgan fingerprint density at radius 3 is 2.19 bits per heavy atom. The van der Waals surface area contributed by atoms with E-state index < -0.39 is 12.2 Å². The number of cyclic esters (lactones) is 2. The number of carbonyl (C=O) groups is 2. The molecule has 0 saturated carbocycles. The lowest BCUT2D eigenvalue weighted by atomic mass is 10.1. The van der Waals surface area contributed by atoms with Gasteiger partial charge in [0.15, 0.2) is 6.79 Å². The van der Waals surface area contributed by atoms with Gasteiger partial charge in [-0.25, -0.2) is 9.59 Å². The fraction of sp³-hybridized carbons (Fsp3) is 0.222. The molecule has 2 aliphatic heterocycles. The highest BCUT2D eigenvalue weighted by atomic mass is 16.7. The number of amides is 2. The first-order valence-electron chi connectivity index (χ1n) is 7.99. The molecule has 2 aromatic carbocycles. The van der Waals surface area contributed by atoms with Crippen molar-refractivity contribution >= 4 is 23.6 Å². The summed E-state index contributed by atoms with van der Waals surface area (Å²) in [5.74, 6) is 0.786. The number of benzene rings is 2. The van der Waals surface area contributed by atoms with Crippen LogP contribution < -0.4 is 15.4 Å². The van der Waals surface area contributed by atoms with Crippen molar-refractivity contribution in [3.63, 3.8) is 0 Å². The van der Waals surface area contributed by atoms with E-state index in [1.54, 1.807) is 31.4 Å². The zero-order valence-electron chi connectivity index (χ0n) is 14.5. The van der Waals surface area contributed by atoms with Crippen molar-refractivity contribution < 1.29 is 33.6 Å². The predicted molar refractivity (Wildman–Crippen MR) is 94.7 cm³/mol. The van der Waals surface area contributed by atoms with Crippen LogP contribution in [0.15, 0.2) is 36.4 Å². The lowest BCUT2D eigenvalue weighted by molar-refractivity contribution is 0.0511. The third kappa shape index (κ3) is 4.79. The number of nitrogens with one attached hydrogen (secondary N) is 2. The molecule has 9 nitrogen and oxygen atoms in total. The van der Waals surface area contributed by atoms with Gasteiger partial charge in [0, 0.05) is 30.4 Å². The number of phenols is 1. The Hall–Kier alpha value is -3.46. The molecule has 2 aromatic rings. The third-order valence-electron chi connectivity index (χ3n) is 3.71. The first kappa shape index (κ1) is 18.3. The Labute approximate surface area is 154 Å². The summed E-state index contributed by atoms with van der Waals surface area (Å²) in [5, 5.41) is 14.2. The smallest absolute Gasteiger partial charge is 0.411 e. The van der Waals surface area contributed by atoms with Crippen LogP contribution in [0, 0.1) is 0 Å². The summed E-state index contributed by atoms with van der Waals surface area (Å²) in [6, 6.07) is 10.2. The monoisotopic (exact) mass is 374 g/mol. The molecule has 9 heteroatoms. The van der Waals surface area contributed by atoms with Crippen molar-refractivity contribution in [1.82, 2.24) is 0 Å². The number of phenolic OH excluding ortho intramolecular Hbond substituents is 1. The molecular weight excluding hydrogens is 356 g/mol. The summed E-state index contributed by atoms with van der Waals surface area (Å²) >= 11 is 0. The Kier molecular flexibility index (Phi) is 5.62. The molecular formula is C18H18N2O7. The molecule has 0 fully saturated rings. The zero-order valence-corrected chi connectivity index (χ0v) is 14.5. The number of fused-ring (bicyclic) bond motifs is 2. The van der Waals surface area contributed by atoms with Crippen LogP contribution in [-0.2, 0) is 27.4 Å². The van der Waals surface area contributed by atoms with E-state index in [0.717, 1.165) is 16.8 Å². The van der Waals surface area contributed by atoms with E-state index in [9.17, 15) is 9.59 Å². The first-order valence-corrected chi connectivity index (χ1v) is 7.99. The maximum atomic E-state index is 11.0. The lowest BCUT2D eigenvalue weighted by Gasteiger charge is -2.18. The fourth-order valence-electron chi connectivity index (χ4n) is 2.40. The summed E-state index contributed by atoms with van der Waals surface area (Å²) in [4.78, 5) is 21.7. The van der Waals surface area contributed by atoms with Crippen LogP contribution in [0.4, 0.5) is 21.0 Å². The number of ether oxygens (including phenoxy) is 4. The average Bonchev–Trinajstić information content (AvgIpc) is 2.66. The summed E-state index contributed by atoms with van der Waals surface area (Å²) < 4.78 is 19.5. The van der Waals surface area contributed by atoms with Gasteiger partial charge in [-0.2, -0.15) is 0 Å². The fourth-order valence-corrected chi connectivity index (χ4v) is 2.40. The van der Waals surface area contributed by atoms with Crippen molar-refractivity contribution in [2.24, 2.45) is 0 Å². The van der Waals surface area contributed by atoms with Gasteiger partial charge < -0.3 is 24.1 Å². The average molecular weight is 374 g/mol. The van der Waals surface area contributed by atoms with E-state index in [2.05, 4.69) is 10.6 Å². The molecule has 0 radical (unpaired) electrons. The number of methoxy groups -OCH3 is 1. The molecule has 3 N–H and O–H groups in total. The van der Waals surface area contributed by atoms with Crippen LogP contribution in [-0.4, -0.2) is 31.2 Å². The number of rotatable bonds is 3. The van der Waals surface area contributed by atoms with E-state index in [0.29, 0.717) is 18.0 Å². The second kappa shape index (κ2) is 8.28. The largest absolute Gasteiger partial charge is 0.508 e. The van der Waals surface area contributed by atoms with Gasteiger partial charge in [-0.3, -0.25) is 10.6 Å². The van der Waals surface area contributed by atoms with Gasteiger partial charge in [-0.1, -0.05) is 0 Å². The molecule has 0 atom stereocenters. The van der Waals surface area contributed by atoms with Crippen LogP contribution in [0.25, 0.3) is 0 Å². The summed E-state index contributed by atoms with van der Waals surface area (Å²) in [7, 11) is 1.55. The molecule has 0 saturated heterocycles. The number of anilines is 2. The second-order valence-corrected chi connectivity index (χ2v) is 5.61. The Morgan fingerprint density at radius 1 is 0.963 bits per heavy atom. The third-order valence-corrected chi connectivity index (χ3v) is 3.71. The highest BCUT2D eigenvalue weighted by Gasteiger charge is 2.16. The molecule has 2 heterocycles. The van der Waals surface area contributed by atoms with Gasteiger partial charge in [0.25, 0.3) is 0 Å². The molecule has 2 amide bonds. The van der Waals surface area contributed by atoms with Crippen molar-refractivity contribution in [2.45, 2.75) is 13.2 Å². The van der Waals surface area contributed by atoms with Gasteiger partial charge in [-0.15, -0.1) is 0 Å². The maximum absolute atomic E-state index is 11.0. The SMILES string of the molecule is COCOc1ccc2c(c1)NC(=O)OC2.O=C1Nc2cc(O)ccc2CO1. The first-order chi connectivity index (χ1) is 13.0. The van der Waals surface area contributed by atoms with Crippen molar-refractivity contribution in [2.75, 3.05) is 24.5 Å². The second-order valence-electron chi connectivity index (χ2n) is 5.61. The van der Waals surface area contributed by atoms with E-state index in [1.165, 1.54) is 6.07 Å². The standard InChI is InChI=1S/C10H11NO4.C8H7NO3/c1-13-6-15-8-3-2-7-5-14-10(12)11-9(7)4-8;10-6-2-1-5-4-12-8(11)9-7(5)3-6/h2-4H,5-6H2,1H3,(H,11,12);1-3,10H,4H2,(H,9,11). The maximum Gasteiger partial charge on any atom is 0.411 e. The number of carbonyl (C=O) groups excluding carboxylic acids is 2. The van der Waals surface area contributed by atoms with Crippen LogP contribution in [0.5, 0.6) is 11.5 Å². The molecule has 2 aliphatic rings. The van der Waals surface area contributed by atoms with Gasteiger partial charge in [0.05, 0.1) is 11.4 Å². The summed E-state index contributed by atoms with van der Waals surface area (Å²) in [6.45, 7) is 0.746. The topological polar surface area (TPSA) is 115 Å². The van der Waals surface area contributed by atoms with Crippen LogP contribution >= 0.6 is 0 Å². The molecule has 4 rings (SSSR count). The summed E-state index contributed by atoms with van der Waals surface area (Å²) in [5.41, 5.74) is 3.14.